The fraction of sp³-hybridized carbons (Fsp3) is 0.957. The molecule has 0 spiro atoms. The van der Waals surface area contributed by atoms with Crippen molar-refractivity contribution in [3.05, 3.63) is 0 Å². The van der Waals surface area contributed by atoms with Gasteiger partial charge in [0.25, 0.3) is 0 Å². The maximum Gasteiger partial charge on any atom is 0 e. The van der Waals surface area contributed by atoms with Crippen molar-refractivity contribution in [3.63, 3.8) is 0 Å². The number of hydrogen-bond acceptors (Lipinski definition) is 1. The first-order chi connectivity index (χ1) is 13.8. The van der Waals surface area contributed by atoms with Crippen LogP contribution in [0.5, 0.6) is 0 Å². The van der Waals surface area contributed by atoms with E-state index in [-0.39, 0.29) is 21.1 Å². The third kappa shape index (κ3) is 28.3. The zero-order valence-corrected chi connectivity index (χ0v) is 28.4. The summed E-state index contributed by atoms with van der Waals surface area (Å²) in [5.74, 6) is 0. The van der Waals surface area contributed by atoms with Crippen LogP contribution in [0.3, 0.4) is 0 Å². The Hall–Kier alpha value is 2.30. The largest absolute Gasteiger partial charge is 0.549 e. The second kappa shape index (κ2) is 31.3. The Morgan fingerprint density at radius 1 is 0.500 bits per heavy atom. The molecule has 0 heterocycles. The molecule has 184 valence electrons. The van der Waals surface area contributed by atoms with E-state index in [1.54, 1.807) is 29.5 Å². The first kappa shape index (κ1) is 39.5. The molecule has 0 aliphatic heterocycles. The topological polar surface area (TPSA) is 3.24 Å². The molecule has 0 aromatic heterocycles. The van der Waals surface area contributed by atoms with Gasteiger partial charge >= 0.3 is 0 Å². The summed E-state index contributed by atoms with van der Waals surface area (Å²) in [6.07, 6.45) is 17.8. The van der Waals surface area contributed by atoms with E-state index in [2.05, 4.69) is 73.1 Å². The van der Waals surface area contributed by atoms with E-state index in [4.69, 9.17) is 0 Å². The van der Waals surface area contributed by atoms with Gasteiger partial charge in [-0.15, -0.1) is 31.7 Å². The van der Waals surface area contributed by atoms with Gasteiger partial charge in [0, 0.05) is 21.1 Å². The molecule has 0 fully saturated rings. The average molecular weight is 597 g/mol. The first-order valence-electron chi connectivity index (χ1n) is 11.8. The zero-order valence-electron chi connectivity index (χ0n) is 22.0. The standard InChI is InChI=1S/2C10H24P2.C3H6NS.Mo/c2*1-5-11(6-2)9-10-12(7-3)8-4;1-4(2)3-5;/h2*5-10H2,1-4H3;1-2H3;/q;;-1;. The van der Waals surface area contributed by atoms with Crippen molar-refractivity contribution >= 4 is 49.4 Å². The van der Waals surface area contributed by atoms with Crippen LogP contribution in [0.15, 0.2) is 0 Å². The normalized spacial score (nSPS) is 10.3. The van der Waals surface area contributed by atoms with Crippen LogP contribution >= 0.6 is 43.9 Å². The van der Waals surface area contributed by atoms with E-state index in [1.165, 1.54) is 49.3 Å². The quantitative estimate of drug-likeness (QED) is 0.0614. The Morgan fingerprint density at radius 3 is 0.700 bits per heavy atom. The van der Waals surface area contributed by atoms with Crippen LogP contribution in [0.2, 0.25) is 0 Å². The molecule has 0 rings (SSSR count). The molecule has 0 bridgehead atoms. The maximum atomic E-state index is 4.35. The van der Waals surface area contributed by atoms with Gasteiger partial charge in [-0.2, -0.15) is 0 Å². The minimum atomic E-state index is 0. The van der Waals surface area contributed by atoms with Crippen LogP contribution in [-0.4, -0.2) is 98.4 Å². The van der Waals surface area contributed by atoms with Crippen LogP contribution in [0, 0.1) is 0 Å². The summed E-state index contributed by atoms with van der Waals surface area (Å²) in [5.41, 5.74) is 2.44. The van der Waals surface area contributed by atoms with Crippen LogP contribution in [0.25, 0.3) is 0 Å². The number of nitrogens with zero attached hydrogens (tertiary/aromatic N) is 1. The van der Waals surface area contributed by atoms with Gasteiger partial charge in [0.05, 0.1) is 0 Å². The van der Waals surface area contributed by atoms with E-state index in [0.717, 1.165) is 0 Å². The van der Waals surface area contributed by atoms with Crippen molar-refractivity contribution in [1.82, 2.24) is 4.90 Å². The van der Waals surface area contributed by atoms with Crippen LogP contribution in [-0.2, 0) is 21.1 Å². The second-order valence-corrected chi connectivity index (χ2v) is 19.5. The Morgan fingerprint density at radius 2 is 0.633 bits per heavy atom. The average Bonchev–Trinajstić information content (AvgIpc) is 2.75. The molecule has 0 aliphatic carbocycles. The summed E-state index contributed by atoms with van der Waals surface area (Å²) in [5, 5.41) is 0. The predicted octanol–water partition coefficient (Wildman–Crippen LogP) is 8.44. The van der Waals surface area contributed by atoms with Crippen molar-refractivity contribution in [2.24, 2.45) is 0 Å². The Bertz CT molecular complexity index is 262. The minimum Gasteiger partial charge on any atom is -0.549 e. The van der Waals surface area contributed by atoms with Crippen molar-refractivity contribution in [2.75, 3.05) is 88.0 Å². The molecule has 0 unspecified atom stereocenters. The third-order valence-corrected chi connectivity index (χ3v) is 16.9. The molecule has 0 radical (unpaired) electrons. The monoisotopic (exact) mass is 598 g/mol. The molecule has 0 aromatic rings. The van der Waals surface area contributed by atoms with Crippen LogP contribution in [0.1, 0.15) is 55.4 Å². The summed E-state index contributed by atoms with van der Waals surface area (Å²) in [6.45, 7) is 18.9. The first-order valence-corrected chi connectivity index (χ1v) is 19.8. The van der Waals surface area contributed by atoms with Gasteiger partial charge in [-0.25, -0.2) is 0 Å². The van der Waals surface area contributed by atoms with Crippen molar-refractivity contribution in [2.45, 2.75) is 55.4 Å². The minimum absolute atomic E-state index is 0. The molecular weight excluding hydrogens is 542 g/mol. The second-order valence-electron chi connectivity index (χ2n) is 7.09. The molecule has 7 heteroatoms. The van der Waals surface area contributed by atoms with E-state index < -0.39 is 0 Å². The van der Waals surface area contributed by atoms with Crippen LogP contribution in [0.4, 0.5) is 0 Å². The van der Waals surface area contributed by atoms with E-state index in [9.17, 15) is 0 Å². The molecule has 0 aromatic carbocycles. The van der Waals surface area contributed by atoms with Gasteiger partial charge in [-0.1, -0.05) is 55.4 Å². The molecule has 0 aliphatic rings. The summed E-state index contributed by atoms with van der Waals surface area (Å²) < 4.78 is 0. The molecule has 0 N–H and O–H groups in total. The Balaban J connectivity index is -0.000000180. The molecule has 0 amide bonds. The maximum absolute atomic E-state index is 4.35. The third-order valence-electron chi connectivity index (χ3n) is 5.23. The SMILES string of the molecule is CCP(CC)CCP(CC)CC.CCP(CC)CCP(CC)CC.CN(C)[C-]=S.[Mo]. The van der Waals surface area contributed by atoms with Gasteiger partial charge in [-0.3, -0.25) is 0 Å². The van der Waals surface area contributed by atoms with Gasteiger partial charge in [0.2, 0.25) is 0 Å². The Kier molecular flexibility index (Phi) is 41.2. The van der Waals surface area contributed by atoms with Crippen molar-refractivity contribution in [1.29, 1.82) is 0 Å². The molecular formula is C23H54MoNP4S-. The van der Waals surface area contributed by atoms with Crippen molar-refractivity contribution < 1.29 is 21.1 Å². The van der Waals surface area contributed by atoms with E-state index in [0.29, 0.717) is 31.7 Å². The van der Waals surface area contributed by atoms with E-state index >= 15 is 0 Å². The van der Waals surface area contributed by atoms with Gasteiger partial charge in [0.1, 0.15) is 0 Å². The summed E-state index contributed by atoms with van der Waals surface area (Å²) in [6, 6.07) is 0. The summed E-state index contributed by atoms with van der Waals surface area (Å²) >= 11 is 4.35. The predicted molar refractivity (Wildman–Crippen MR) is 158 cm³/mol. The smallest absolute Gasteiger partial charge is 0 e. The Labute approximate surface area is 217 Å². The molecule has 0 atom stereocenters. The molecule has 1 nitrogen and oxygen atoms in total. The van der Waals surface area contributed by atoms with Crippen molar-refractivity contribution in [3.8, 4) is 0 Å². The molecule has 0 saturated heterocycles. The zero-order chi connectivity index (χ0) is 23.1. The van der Waals surface area contributed by atoms with Gasteiger partial charge < -0.3 is 22.6 Å². The summed E-state index contributed by atoms with van der Waals surface area (Å²) in [7, 11) is 5.34. The van der Waals surface area contributed by atoms with Gasteiger partial charge in [-0.05, 0) is 88.0 Å². The molecule has 30 heavy (non-hydrogen) atoms. The van der Waals surface area contributed by atoms with Gasteiger partial charge in [0.15, 0.2) is 0 Å². The van der Waals surface area contributed by atoms with E-state index in [1.807, 2.05) is 14.1 Å². The number of hydrogen-bond donors (Lipinski definition) is 0. The number of rotatable bonds is 15. The summed E-state index contributed by atoms with van der Waals surface area (Å²) in [4.78, 5) is 1.69. The fourth-order valence-corrected chi connectivity index (χ4v) is 11.6. The number of thiocarbonyl (C=S) groups is 1. The fourth-order valence-electron chi connectivity index (χ4n) is 2.73. The van der Waals surface area contributed by atoms with Crippen LogP contribution < -0.4 is 0 Å². The molecule has 0 saturated carbocycles.